The molecule has 0 amide bonds. The van der Waals surface area contributed by atoms with E-state index in [4.69, 9.17) is 10.1 Å². The third kappa shape index (κ3) is 2.29. The highest BCUT2D eigenvalue weighted by Gasteiger charge is 2.18. The van der Waals surface area contributed by atoms with E-state index >= 15 is 0 Å². The second-order valence-corrected chi connectivity index (χ2v) is 5.08. The van der Waals surface area contributed by atoms with Gasteiger partial charge in [0.15, 0.2) is 5.49 Å². The third-order valence-electron chi connectivity index (χ3n) is 3.84. The van der Waals surface area contributed by atoms with Gasteiger partial charge in [0.1, 0.15) is 17.4 Å². The number of nitrogens with zero attached hydrogens (tertiary/aromatic N) is 3. The molecule has 21 heavy (non-hydrogen) atoms. The zero-order chi connectivity index (χ0) is 14.8. The van der Waals surface area contributed by atoms with Gasteiger partial charge < -0.3 is 4.74 Å². The zero-order valence-corrected chi connectivity index (χ0v) is 11.9. The molecule has 0 saturated heterocycles. The average Bonchev–Trinajstić information content (AvgIpc) is 2.54. The molecule has 0 saturated carbocycles. The summed E-state index contributed by atoms with van der Waals surface area (Å²) in [6, 6.07) is 9.53. The van der Waals surface area contributed by atoms with Crippen LogP contribution in [0.15, 0.2) is 24.3 Å². The Labute approximate surface area is 122 Å². The number of ether oxygens (including phenoxy) is 1. The first-order valence-electron chi connectivity index (χ1n) is 6.99. The molecule has 0 unspecified atom stereocenters. The van der Waals surface area contributed by atoms with E-state index in [0.29, 0.717) is 5.56 Å². The number of hydrogen-bond acceptors (Lipinski definition) is 4. The predicted molar refractivity (Wildman–Crippen MR) is 77.3 cm³/mol. The lowest BCUT2D eigenvalue weighted by Crippen LogP contribution is -2.29. The summed E-state index contributed by atoms with van der Waals surface area (Å²) in [4.78, 5) is 0. The Bertz CT molecular complexity index is 769. The number of nitriles is 1. The third-order valence-corrected chi connectivity index (χ3v) is 3.84. The van der Waals surface area contributed by atoms with Crippen LogP contribution in [0, 0.1) is 16.7 Å². The Morgan fingerprint density at radius 1 is 1.24 bits per heavy atom. The summed E-state index contributed by atoms with van der Waals surface area (Å²) in [7, 11) is 1.61. The average molecular weight is 280 g/mol. The van der Waals surface area contributed by atoms with E-state index in [-0.39, 0.29) is 5.49 Å². The van der Waals surface area contributed by atoms with Crippen molar-refractivity contribution in [2.75, 3.05) is 7.11 Å². The molecule has 106 valence electrons. The quantitative estimate of drug-likeness (QED) is 0.915. The van der Waals surface area contributed by atoms with Crippen LogP contribution in [-0.4, -0.2) is 16.9 Å². The first-order valence-corrected chi connectivity index (χ1v) is 6.99. The monoisotopic (exact) mass is 280 g/mol. The van der Waals surface area contributed by atoms with E-state index in [9.17, 15) is 5.26 Å². The minimum atomic E-state index is 0.156. The molecule has 1 heterocycles. The second kappa shape index (κ2) is 5.41. The highest BCUT2D eigenvalue weighted by Crippen LogP contribution is 2.21. The van der Waals surface area contributed by atoms with Crippen molar-refractivity contribution in [3.8, 4) is 17.5 Å². The molecule has 0 aliphatic heterocycles. The summed E-state index contributed by atoms with van der Waals surface area (Å²) >= 11 is 0. The summed E-state index contributed by atoms with van der Waals surface area (Å²) in [6.07, 6.45) is 3.88. The number of fused-ring (bicyclic) bond motifs is 1. The van der Waals surface area contributed by atoms with Crippen molar-refractivity contribution >= 4 is 0 Å². The molecule has 0 spiro atoms. The van der Waals surface area contributed by atoms with E-state index in [1.165, 1.54) is 0 Å². The van der Waals surface area contributed by atoms with Crippen molar-refractivity contribution < 1.29 is 4.74 Å². The second-order valence-electron chi connectivity index (χ2n) is 5.08. The molecule has 0 fully saturated rings. The van der Waals surface area contributed by atoms with Crippen molar-refractivity contribution in [2.24, 2.45) is 0 Å². The van der Waals surface area contributed by atoms with Gasteiger partial charge in [-0.05, 0) is 55.5 Å². The van der Waals surface area contributed by atoms with Crippen LogP contribution in [0.5, 0.6) is 5.75 Å². The van der Waals surface area contributed by atoms with Crippen molar-refractivity contribution in [1.82, 2.24) is 9.78 Å². The van der Waals surface area contributed by atoms with Crippen LogP contribution in [0.1, 0.15) is 29.7 Å². The number of nitrogens with one attached hydrogen (secondary N) is 1. The van der Waals surface area contributed by atoms with Gasteiger partial charge in [0, 0.05) is 0 Å². The van der Waals surface area contributed by atoms with E-state index in [2.05, 4.69) is 11.2 Å². The molecule has 1 aromatic carbocycles. The largest absolute Gasteiger partial charge is 0.497 e. The van der Waals surface area contributed by atoms with E-state index < -0.39 is 0 Å². The van der Waals surface area contributed by atoms with Crippen molar-refractivity contribution in [1.29, 1.82) is 10.7 Å². The Morgan fingerprint density at radius 2 is 1.95 bits per heavy atom. The van der Waals surface area contributed by atoms with Gasteiger partial charge in [-0.3, -0.25) is 5.41 Å². The summed E-state index contributed by atoms with van der Waals surface area (Å²) in [5.74, 6) is 0.754. The van der Waals surface area contributed by atoms with Crippen LogP contribution in [0.25, 0.3) is 5.69 Å². The maximum Gasteiger partial charge on any atom is 0.164 e. The standard InChI is InChI=1S/C16H16N4O/c1-21-12-8-6-11(7-9-12)20-16(18)14(10-17)13-4-2-3-5-15(13)19-20/h6-9,18H,2-5H2,1H3. The summed E-state index contributed by atoms with van der Waals surface area (Å²) in [6.45, 7) is 0. The molecule has 0 bridgehead atoms. The summed E-state index contributed by atoms with van der Waals surface area (Å²) in [5.41, 5.74) is 3.28. The minimum absolute atomic E-state index is 0.156. The summed E-state index contributed by atoms with van der Waals surface area (Å²) in [5, 5.41) is 22.3. The molecule has 3 rings (SSSR count). The van der Waals surface area contributed by atoms with Crippen LogP contribution >= 0.6 is 0 Å². The number of aryl methyl sites for hydroxylation is 1. The number of aromatic nitrogens is 2. The molecular formula is C16H16N4O. The van der Waals surface area contributed by atoms with Gasteiger partial charge in [0.05, 0.1) is 18.5 Å². The normalized spacial score (nSPS) is 13.3. The molecule has 1 aromatic heterocycles. The Balaban J connectivity index is 2.18. The van der Waals surface area contributed by atoms with Crippen LogP contribution in [0.3, 0.4) is 0 Å². The molecule has 2 aromatic rings. The fraction of sp³-hybridized carbons (Fsp3) is 0.312. The lowest BCUT2D eigenvalue weighted by Gasteiger charge is -2.18. The lowest BCUT2D eigenvalue weighted by atomic mass is 9.93. The molecule has 1 aliphatic rings. The zero-order valence-electron chi connectivity index (χ0n) is 11.9. The first-order chi connectivity index (χ1) is 10.2. The Morgan fingerprint density at radius 3 is 2.62 bits per heavy atom. The van der Waals surface area contributed by atoms with Crippen LogP contribution in [0.2, 0.25) is 0 Å². The molecule has 5 heteroatoms. The van der Waals surface area contributed by atoms with Gasteiger partial charge in [-0.2, -0.15) is 10.4 Å². The number of benzene rings is 1. The molecule has 0 atom stereocenters. The maximum absolute atomic E-state index is 9.40. The van der Waals surface area contributed by atoms with E-state index in [1.807, 2.05) is 24.3 Å². The van der Waals surface area contributed by atoms with Crippen LogP contribution in [-0.2, 0) is 12.8 Å². The topological polar surface area (TPSA) is 74.7 Å². The fourth-order valence-electron chi connectivity index (χ4n) is 2.72. The smallest absolute Gasteiger partial charge is 0.164 e. The molecule has 0 radical (unpaired) electrons. The van der Waals surface area contributed by atoms with Gasteiger partial charge in [0.25, 0.3) is 0 Å². The van der Waals surface area contributed by atoms with Gasteiger partial charge in [0.2, 0.25) is 0 Å². The molecule has 5 nitrogen and oxygen atoms in total. The highest BCUT2D eigenvalue weighted by molar-refractivity contribution is 5.42. The van der Waals surface area contributed by atoms with Crippen LogP contribution in [0.4, 0.5) is 0 Å². The van der Waals surface area contributed by atoms with Gasteiger partial charge in [-0.25, -0.2) is 4.68 Å². The Hall–Kier alpha value is -2.61. The molecule has 1 aliphatic carbocycles. The van der Waals surface area contributed by atoms with Gasteiger partial charge in [-0.1, -0.05) is 0 Å². The van der Waals surface area contributed by atoms with Crippen molar-refractivity contribution in [3.63, 3.8) is 0 Å². The highest BCUT2D eigenvalue weighted by atomic mass is 16.5. The molecule has 1 N–H and O–H groups in total. The van der Waals surface area contributed by atoms with Gasteiger partial charge >= 0.3 is 0 Å². The first kappa shape index (κ1) is 13.4. The number of rotatable bonds is 2. The van der Waals surface area contributed by atoms with E-state index in [1.54, 1.807) is 11.8 Å². The maximum atomic E-state index is 9.40. The van der Waals surface area contributed by atoms with Crippen molar-refractivity contribution in [3.05, 3.63) is 46.6 Å². The SMILES string of the molecule is COc1ccc(-n2nc3c(c(C#N)c2=N)CCCC3)cc1. The number of methoxy groups -OCH3 is 1. The Kier molecular flexibility index (Phi) is 3.44. The number of hydrogen-bond donors (Lipinski definition) is 1. The lowest BCUT2D eigenvalue weighted by molar-refractivity contribution is 0.414. The molecular weight excluding hydrogens is 264 g/mol. The predicted octanol–water partition coefficient (Wildman–Crippen LogP) is 2.11. The van der Waals surface area contributed by atoms with Gasteiger partial charge in [-0.15, -0.1) is 0 Å². The summed E-state index contributed by atoms with van der Waals surface area (Å²) < 4.78 is 6.69. The van der Waals surface area contributed by atoms with E-state index in [0.717, 1.165) is 48.4 Å². The minimum Gasteiger partial charge on any atom is -0.497 e. The van der Waals surface area contributed by atoms with Crippen LogP contribution < -0.4 is 10.2 Å². The fourth-order valence-corrected chi connectivity index (χ4v) is 2.72. The van der Waals surface area contributed by atoms with Crippen molar-refractivity contribution in [2.45, 2.75) is 25.7 Å².